The Morgan fingerprint density at radius 3 is 2.56 bits per heavy atom. The number of hydrogen-bond donors (Lipinski definition) is 3. The normalized spacial score (nSPS) is 18.0. The minimum absolute atomic E-state index is 0.0817. The van der Waals surface area contributed by atoms with E-state index in [9.17, 15) is 18.0 Å². The van der Waals surface area contributed by atoms with E-state index in [1.165, 1.54) is 12.1 Å². The summed E-state index contributed by atoms with van der Waals surface area (Å²) in [6.45, 7) is 0. The van der Waals surface area contributed by atoms with Crippen LogP contribution in [-0.4, -0.2) is 38.2 Å². The second-order valence-corrected chi connectivity index (χ2v) is 7.59. The smallest absolute Gasteiger partial charge is 0.261 e. The number of H-pyrrole nitrogens is 1. The SMILES string of the molecule is CNc1cc(C(=O)N[C@@H]2C=CS(=O)(=O)C2)c(=O)[nH]c1-c1ccccc1. The first-order valence-corrected chi connectivity index (χ1v) is 9.33. The maximum Gasteiger partial charge on any atom is 0.261 e. The van der Waals surface area contributed by atoms with Gasteiger partial charge in [0, 0.05) is 18.0 Å². The molecule has 0 unspecified atom stereocenters. The molecule has 0 saturated carbocycles. The van der Waals surface area contributed by atoms with E-state index in [0.717, 1.165) is 11.0 Å². The summed E-state index contributed by atoms with van der Waals surface area (Å²) in [7, 11) is -1.59. The summed E-state index contributed by atoms with van der Waals surface area (Å²) in [5, 5.41) is 6.58. The third-order valence-corrected chi connectivity index (χ3v) is 5.26. The number of hydrogen-bond acceptors (Lipinski definition) is 5. The van der Waals surface area contributed by atoms with E-state index in [2.05, 4.69) is 15.6 Å². The second-order valence-electron chi connectivity index (χ2n) is 5.65. The van der Waals surface area contributed by atoms with E-state index >= 15 is 0 Å². The highest BCUT2D eigenvalue weighted by Crippen LogP contribution is 2.24. The number of amides is 1. The zero-order valence-corrected chi connectivity index (χ0v) is 14.3. The fraction of sp³-hybridized carbons (Fsp3) is 0.176. The van der Waals surface area contributed by atoms with Gasteiger partial charge in [0.1, 0.15) is 5.56 Å². The van der Waals surface area contributed by atoms with Crippen LogP contribution in [0.4, 0.5) is 5.69 Å². The van der Waals surface area contributed by atoms with Gasteiger partial charge in [-0.15, -0.1) is 0 Å². The van der Waals surface area contributed by atoms with E-state index in [0.29, 0.717) is 11.4 Å². The molecule has 0 aliphatic carbocycles. The van der Waals surface area contributed by atoms with Crippen molar-refractivity contribution in [2.24, 2.45) is 0 Å². The molecule has 7 nitrogen and oxygen atoms in total. The third kappa shape index (κ3) is 3.63. The van der Waals surface area contributed by atoms with Gasteiger partial charge in [0.15, 0.2) is 9.84 Å². The zero-order chi connectivity index (χ0) is 18.0. The molecule has 1 aromatic heterocycles. The molecule has 25 heavy (non-hydrogen) atoms. The Balaban J connectivity index is 1.91. The average Bonchev–Trinajstić information content (AvgIpc) is 2.93. The standard InChI is InChI=1S/C17H17N3O4S/c1-18-14-9-13(16(21)19-12-7-8-25(23,24)10-12)17(22)20-15(14)11-5-3-2-4-6-11/h2-9,12,18H,10H2,1H3,(H,19,21)(H,20,22)/t12-/m1/s1. The van der Waals surface area contributed by atoms with Crippen LogP contribution in [0.1, 0.15) is 10.4 Å². The lowest BCUT2D eigenvalue weighted by molar-refractivity contribution is 0.0946. The zero-order valence-electron chi connectivity index (χ0n) is 13.4. The minimum Gasteiger partial charge on any atom is -0.386 e. The maximum absolute atomic E-state index is 12.4. The molecule has 0 bridgehead atoms. The Morgan fingerprint density at radius 1 is 1.24 bits per heavy atom. The van der Waals surface area contributed by atoms with Crippen molar-refractivity contribution in [1.29, 1.82) is 0 Å². The summed E-state index contributed by atoms with van der Waals surface area (Å²) < 4.78 is 22.8. The van der Waals surface area contributed by atoms with Gasteiger partial charge in [0.25, 0.3) is 11.5 Å². The number of benzene rings is 1. The van der Waals surface area contributed by atoms with Crippen molar-refractivity contribution in [3.8, 4) is 11.3 Å². The van der Waals surface area contributed by atoms with E-state index < -0.39 is 27.3 Å². The lowest BCUT2D eigenvalue weighted by Gasteiger charge is -2.13. The van der Waals surface area contributed by atoms with Gasteiger partial charge in [-0.2, -0.15) is 0 Å². The molecule has 2 aromatic rings. The molecule has 1 atom stereocenters. The summed E-state index contributed by atoms with van der Waals surface area (Å²) in [6, 6.07) is 10.1. The Labute approximate surface area is 144 Å². The van der Waals surface area contributed by atoms with Gasteiger partial charge in [-0.05, 0) is 12.1 Å². The first-order chi connectivity index (χ1) is 11.9. The van der Waals surface area contributed by atoms with Gasteiger partial charge in [-0.3, -0.25) is 9.59 Å². The number of pyridine rings is 1. The first kappa shape index (κ1) is 17.0. The molecule has 0 spiro atoms. The topological polar surface area (TPSA) is 108 Å². The number of aromatic nitrogens is 1. The van der Waals surface area contributed by atoms with Crippen molar-refractivity contribution in [3.63, 3.8) is 0 Å². The van der Waals surface area contributed by atoms with Gasteiger partial charge in [-0.1, -0.05) is 30.3 Å². The van der Waals surface area contributed by atoms with Crippen LogP contribution in [0.25, 0.3) is 11.3 Å². The van der Waals surface area contributed by atoms with Crippen molar-refractivity contribution in [1.82, 2.24) is 10.3 Å². The summed E-state index contributed by atoms with van der Waals surface area (Å²) in [6.07, 6.45) is 1.40. The number of carbonyl (C=O) groups is 1. The molecule has 1 amide bonds. The molecular formula is C17H17N3O4S. The van der Waals surface area contributed by atoms with Crippen LogP contribution >= 0.6 is 0 Å². The number of anilines is 1. The van der Waals surface area contributed by atoms with Crippen LogP contribution in [-0.2, 0) is 9.84 Å². The Hall–Kier alpha value is -2.87. The summed E-state index contributed by atoms with van der Waals surface area (Å²) in [5.74, 6) is -0.818. The van der Waals surface area contributed by atoms with Crippen molar-refractivity contribution in [3.05, 3.63) is 63.8 Å². The molecule has 1 aliphatic heterocycles. The second kappa shape index (κ2) is 6.56. The van der Waals surface area contributed by atoms with Gasteiger partial charge in [0.05, 0.1) is 23.2 Å². The van der Waals surface area contributed by atoms with Crippen LogP contribution in [0.5, 0.6) is 0 Å². The minimum atomic E-state index is -3.28. The quantitative estimate of drug-likeness (QED) is 0.758. The van der Waals surface area contributed by atoms with Gasteiger partial charge in [0.2, 0.25) is 0 Å². The molecular weight excluding hydrogens is 342 g/mol. The van der Waals surface area contributed by atoms with Gasteiger partial charge in [-0.25, -0.2) is 8.42 Å². The molecule has 3 N–H and O–H groups in total. The van der Waals surface area contributed by atoms with E-state index in [1.54, 1.807) is 7.05 Å². The molecule has 1 aromatic carbocycles. The Morgan fingerprint density at radius 2 is 1.96 bits per heavy atom. The van der Waals surface area contributed by atoms with Crippen molar-refractivity contribution < 1.29 is 13.2 Å². The van der Waals surface area contributed by atoms with Crippen molar-refractivity contribution in [2.45, 2.75) is 6.04 Å². The predicted octanol–water partition coefficient (Wildman–Crippen LogP) is 1.12. The van der Waals surface area contributed by atoms with E-state index in [1.807, 2.05) is 30.3 Å². The largest absolute Gasteiger partial charge is 0.386 e. The number of nitrogens with one attached hydrogen (secondary N) is 3. The molecule has 0 saturated heterocycles. The predicted molar refractivity (Wildman–Crippen MR) is 96.2 cm³/mol. The maximum atomic E-state index is 12.4. The van der Waals surface area contributed by atoms with Crippen LogP contribution in [0.3, 0.4) is 0 Å². The van der Waals surface area contributed by atoms with Crippen LogP contribution in [0.15, 0.2) is 52.7 Å². The number of sulfone groups is 1. The molecule has 8 heteroatoms. The van der Waals surface area contributed by atoms with Gasteiger partial charge < -0.3 is 15.6 Å². The Bertz CT molecular complexity index is 994. The van der Waals surface area contributed by atoms with Gasteiger partial charge >= 0.3 is 0 Å². The molecule has 3 rings (SSSR count). The van der Waals surface area contributed by atoms with Crippen LogP contribution < -0.4 is 16.2 Å². The first-order valence-electron chi connectivity index (χ1n) is 7.62. The summed E-state index contributed by atoms with van der Waals surface area (Å²) in [4.78, 5) is 27.4. The molecule has 0 radical (unpaired) electrons. The summed E-state index contributed by atoms with van der Waals surface area (Å²) >= 11 is 0. The number of aromatic amines is 1. The fourth-order valence-corrected chi connectivity index (χ4v) is 3.88. The lowest BCUT2D eigenvalue weighted by atomic mass is 10.1. The Kier molecular flexibility index (Phi) is 4.45. The molecule has 1 aliphatic rings. The highest BCUT2D eigenvalue weighted by Gasteiger charge is 2.25. The number of rotatable bonds is 4. The monoisotopic (exact) mass is 359 g/mol. The fourth-order valence-electron chi connectivity index (χ4n) is 2.64. The highest BCUT2D eigenvalue weighted by molar-refractivity contribution is 7.94. The van der Waals surface area contributed by atoms with E-state index in [4.69, 9.17) is 0 Å². The van der Waals surface area contributed by atoms with E-state index in [-0.39, 0.29) is 11.3 Å². The molecule has 130 valence electrons. The lowest BCUT2D eigenvalue weighted by Crippen LogP contribution is -2.38. The number of carbonyl (C=O) groups excluding carboxylic acids is 1. The molecule has 2 heterocycles. The van der Waals surface area contributed by atoms with Crippen LogP contribution in [0, 0.1) is 0 Å². The summed E-state index contributed by atoms with van der Waals surface area (Å²) in [5.41, 5.74) is 1.35. The average molecular weight is 359 g/mol. The van der Waals surface area contributed by atoms with Crippen LogP contribution in [0.2, 0.25) is 0 Å². The molecule has 0 fully saturated rings. The van der Waals surface area contributed by atoms with Crippen molar-refractivity contribution >= 4 is 21.4 Å². The van der Waals surface area contributed by atoms with Crippen molar-refractivity contribution in [2.75, 3.05) is 18.1 Å². The highest BCUT2D eigenvalue weighted by atomic mass is 32.2. The third-order valence-electron chi connectivity index (χ3n) is 3.86.